The number of amides is 2. The van der Waals surface area contributed by atoms with Gasteiger partial charge in [0.2, 0.25) is 11.8 Å². The molecule has 0 unspecified atom stereocenters. The number of hydrogen-bond acceptors (Lipinski definition) is 3. The van der Waals surface area contributed by atoms with E-state index in [0.717, 1.165) is 12.8 Å². The van der Waals surface area contributed by atoms with Crippen molar-refractivity contribution in [3.63, 3.8) is 0 Å². The van der Waals surface area contributed by atoms with Gasteiger partial charge in [-0.05, 0) is 30.9 Å². The van der Waals surface area contributed by atoms with E-state index in [-0.39, 0.29) is 18.9 Å². The lowest BCUT2D eigenvalue weighted by Gasteiger charge is -2.13. The molecule has 3 N–H and O–H groups in total. The van der Waals surface area contributed by atoms with E-state index < -0.39 is 5.91 Å². The summed E-state index contributed by atoms with van der Waals surface area (Å²) in [4.78, 5) is 22.7. The first kappa shape index (κ1) is 15.1. The molecule has 1 atom stereocenters. The van der Waals surface area contributed by atoms with Crippen LogP contribution in [-0.2, 0) is 9.59 Å². The summed E-state index contributed by atoms with van der Waals surface area (Å²) in [5, 5.41) is 2.86. The molecular formula is C16H20N2O3. The molecule has 0 saturated heterocycles. The first-order valence-electron chi connectivity index (χ1n) is 7.12. The summed E-state index contributed by atoms with van der Waals surface area (Å²) in [6.45, 7) is 0.202. The highest BCUT2D eigenvalue weighted by molar-refractivity contribution is 5.92. The van der Waals surface area contributed by atoms with Crippen molar-refractivity contribution in [2.45, 2.75) is 25.7 Å². The standard InChI is InChI=1S/C16H20N2O3/c17-15(19)9-10-21-14-8-4-3-7-13(14)18-16(20)11-12-5-1-2-6-12/h1,3-5,7-8,12H,2,6,9-11H2,(H2,17,19)(H,18,20)/t12-/m0/s1. The van der Waals surface area contributed by atoms with Crippen molar-refractivity contribution in [3.8, 4) is 5.75 Å². The van der Waals surface area contributed by atoms with Crippen LogP contribution in [0.1, 0.15) is 25.7 Å². The minimum Gasteiger partial charge on any atom is -0.491 e. The molecule has 0 aromatic heterocycles. The molecule has 5 heteroatoms. The quantitative estimate of drug-likeness (QED) is 0.755. The minimum atomic E-state index is -0.412. The van der Waals surface area contributed by atoms with Crippen LogP contribution in [0.4, 0.5) is 5.69 Å². The number of nitrogens with two attached hydrogens (primary N) is 1. The van der Waals surface area contributed by atoms with E-state index in [1.807, 2.05) is 12.1 Å². The molecule has 1 aromatic carbocycles. The van der Waals surface area contributed by atoms with Gasteiger partial charge in [0.15, 0.2) is 0 Å². The Balaban J connectivity index is 1.90. The number of rotatable bonds is 7. The first-order valence-corrected chi connectivity index (χ1v) is 7.12. The number of carbonyl (C=O) groups excluding carboxylic acids is 2. The fourth-order valence-electron chi connectivity index (χ4n) is 2.26. The average molecular weight is 288 g/mol. The Morgan fingerprint density at radius 2 is 2.14 bits per heavy atom. The van der Waals surface area contributed by atoms with Crippen LogP contribution in [0.3, 0.4) is 0 Å². The Labute approximate surface area is 124 Å². The summed E-state index contributed by atoms with van der Waals surface area (Å²) in [7, 11) is 0. The molecule has 0 bridgehead atoms. The third-order valence-electron chi connectivity index (χ3n) is 3.33. The van der Waals surface area contributed by atoms with Crippen LogP contribution in [0.15, 0.2) is 36.4 Å². The van der Waals surface area contributed by atoms with E-state index >= 15 is 0 Å². The molecule has 0 saturated carbocycles. The second kappa shape index (κ2) is 7.47. The van der Waals surface area contributed by atoms with Crippen molar-refractivity contribution in [2.75, 3.05) is 11.9 Å². The van der Waals surface area contributed by atoms with Gasteiger partial charge < -0.3 is 15.8 Å². The Hall–Kier alpha value is -2.30. The SMILES string of the molecule is NC(=O)CCOc1ccccc1NC(=O)C[C@H]1C=CCC1. The number of benzene rings is 1. The maximum atomic E-state index is 12.0. The molecule has 0 spiro atoms. The highest BCUT2D eigenvalue weighted by atomic mass is 16.5. The predicted molar refractivity (Wildman–Crippen MR) is 80.9 cm³/mol. The number of carbonyl (C=O) groups is 2. The third kappa shape index (κ3) is 4.95. The van der Waals surface area contributed by atoms with Crippen LogP contribution in [0.2, 0.25) is 0 Å². The number of primary amides is 1. The molecule has 0 radical (unpaired) electrons. The smallest absolute Gasteiger partial charge is 0.225 e. The van der Waals surface area contributed by atoms with Gasteiger partial charge in [0.05, 0.1) is 18.7 Å². The molecule has 1 aliphatic carbocycles. The summed E-state index contributed by atoms with van der Waals surface area (Å²) in [5.74, 6) is 0.434. The zero-order valence-corrected chi connectivity index (χ0v) is 11.9. The van der Waals surface area contributed by atoms with Gasteiger partial charge in [-0.25, -0.2) is 0 Å². The molecule has 5 nitrogen and oxygen atoms in total. The molecule has 0 fully saturated rings. The topological polar surface area (TPSA) is 81.4 Å². The van der Waals surface area contributed by atoms with Crippen molar-refractivity contribution in [2.24, 2.45) is 11.7 Å². The van der Waals surface area contributed by atoms with Crippen molar-refractivity contribution < 1.29 is 14.3 Å². The monoisotopic (exact) mass is 288 g/mol. The summed E-state index contributed by atoms with van der Waals surface area (Å²) in [6.07, 6.45) is 6.91. The van der Waals surface area contributed by atoms with Gasteiger partial charge in [-0.1, -0.05) is 24.3 Å². The summed E-state index contributed by atoms with van der Waals surface area (Å²) in [5.41, 5.74) is 5.69. The van der Waals surface area contributed by atoms with Gasteiger partial charge in [-0.15, -0.1) is 0 Å². The molecule has 0 heterocycles. The van der Waals surface area contributed by atoms with E-state index in [0.29, 0.717) is 23.8 Å². The van der Waals surface area contributed by atoms with E-state index in [2.05, 4.69) is 17.5 Å². The van der Waals surface area contributed by atoms with E-state index in [9.17, 15) is 9.59 Å². The summed E-state index contributed by atoms with van der Waals surface area (Å²) in [6, 6.07) is 7.18. The number of hydrogen-bond donors (Lipinski definition) is 2. The van der Waals surface area contributed by atoms with Crippen LogP contribution in [-0.4, -0.2) is 18.4 Å². The zero-order chi connectivity index (χ0) is 15.1. The average Bonchev–Trinajstić information content (AvgIpc) is 2.93. The van der Waals surface area contributed by atoms with Gasteiger partial charge in [-0.2, -0.15) is 0 Å². The number of para-hydroxylation sites is 2. The maximum Gasteiger partial charge on any atom is 0.225 e. The second-order valence-electron chi connectivity index (χ2n) is 5.08. The Morgan fingerprint density at radius 1 is 1.33 bits per heavy atom. The molecular weight excluding hydrogens is 268 g/mol. The van der Waals surface area contributed by atoms with Gasteiger partial charge in [0, 0.05) is 6.42 Å². The largest absolute Gasteiger partial charge is 0.491 e. The lowest BCUT2D eigenvalue weighted by atomic mass is 10.1. The highest BCUT2D eigenvalue weighted by Crippen LogP contribution is 2.26. The van der Waals surface area contributed by atoms with Crippen LogP contribution in [0, 0.1) is 5.92 Å². The molecule has 2 rings (SSSR count). The van der Waals surface area contributed by atoms with Crippen LogP contribution in [0.25, 0.3) is 0 Å². The Kier molecular flexibility index (Phi) is 5.37. The summed E-state index contributed by atoms with van der Waals surface area (Å²) >= 11 is 0. The number of allylic oxidation sites excluding steroid dienone is 2. The maximum absolute atomic E-state index is 12.0. The van der Waals surface area contributed by atoms with Crippen LogP contribution in [0.5, 0.6) is 5.75 Å². The molecule has 0 aliphatic heterocycles. The lowest BCUT2D eigenvalue weighted by Crippen LogP contribution is -2.17. The van der Waals surface area contributed by atoms with Gasteiger partial charge in [0.25, 0.3) is 0 Å². The molecule has 2 amide bonds. The van der Waals surface area contributed by atoms with E-state index in [4.69, 9.17) is 10.5 Å². The zero-order valence-electron chi connectivity index (χ0n) is 11.9. The lowest BCUT2D eigenvalue weighted by molar-refractivity contribution is -0.118. The van der Waals surface area contributed by atoms with Crippen molar-refractivity contribution in [3.05, 3.63) is 36.4 Å². The summed E-state index contributed by atoms with van der Waals surface area (Å²) < 4.78 is 5.49. The predicted octanol–water partition coefficient (Wildman–Crippen LogP) is 2.24. The Bertz CT molecular complexity index is 540. The fourth-order valence-corrected chi connectivity index (χ4v) is 2.26. The minimum absolute atomic E-state index is 0.0301. The highest BCUT2D eigenvalue weighted by Gasteiger charge is 2.15. The number of anilines is 1. The van der Waals surface area contributed by atoms with Crippen molar-refractivity contribution in [1.82, 2.24) is 0 Å². The molecule has 1 aliphatic rings. The van der Waals surface area contributed by atoms with Crippen LogP contribution < -0.4 is 15.8 Å². The van der Waals surface area contributed by atoms with Gasteiger partial charge in [-0.3, -0.25) is 9.59 Å². The fraction of sp³-hybridized carbons (Fsp3) is 0.375. The van der Waals surface area contributed by atoms with Crippen molar-refractivity contribution >= 4 is 17.5 Å². The van der Waals surface area contributed by atoms with E-state index in [1.165, 1.54) is 0 Å². The van der Waals surface area contributed by atoms with Gasteiger partial charge >= 0.3 is 0 Å². The normalized spacial score (nSPS) is 16.7. The molecule has 1 aromatic rings. The third-order valence-corrected chi connectivity index (χ3v) is 3.33. The number of nitrogens with one attached hydrogen (secondary N) is 1. The van der Waals surface area contributed by atoms with E-state index in [1.54, 1.807) is 12.1 Å². The number of ether oxygens (including phenoxy) is 1. The van der Waals surface area contributed by atoms with Crippen LogP contribution >= 0.6 is 0 Å². The first-order chi connectivity index (χ1) is 10.1. The Morgan fingerprint density at radius 3 is 2.86 bits per heavy atom. The second-order valence-corrected chi connectivity index (χ2v) is 5.08. The molecule has 112 valence electrons. The molecule has 21 heavy (non-hydrogen) atoms. The van der Waals surface area contributed by atoms with Crippen molar-refractivity contribution in [1.29, 1.82) is 0 Å². The van der Waals surface area contributed by atoms with Gasteiger partial charge in [0.1, 0.15) is 5.75 Å².